The first-order valence-corrected chi connectivity index (χ1v) is 34.5. The first-order valence-electron chi connectivity index (χ1n) is 37.0. The molecule has 0 fully saturated rings. The van der Waals surface area contributed by atoms with Gasteiger partial charge in [0.2, 0.25) is 0 Å². The van der Waals surface area contributed by atoms with E-state index in [0.717, 1.165) is 139 Å². The van der Waals surface area contributed by atoms with Crippen LogP contribution in [0, 0.1) is 0 Å². The van der Waals surface area contributed by atoms with Crippen molar-refractivity contribution in [3.05, 3.63) is 307 Å². The van der Waals surface area contributed by atoms with E-state index in [9.17, 15) is 2.74 Å². The number of anilines is 6. The van der Waals surface area contributed by atoms with Gasteiger partial charge in [-0.3, -0.25) is 0 Å². The first kappa shape index (κ1) is 56.5. The Morgan fingerprint density at radius 2 is 0.714 bits per heavy atom. The van der Waals surface area contributed by atoms with Crippen molar-refractivity contribution in [1.29, 1.82) is 0 Å². The number of nitrogens with zero attached hydrogens (tertiary/aromatic N) is 2. The van der Waals surface area contributed by atoms with Gasteiger partial charge in [-0.05, 0) is 177 Å². The predicted molar refractivity (Wildman–Crippen MR) is 421 cm³/mol. The molecule has 1 aromatic heterocycles. The maximum Gasteiger partial charge on any atom is 0.252 e. The van der Waals surface area contributed by atoms with E-state index < -0.39 is 12.8 Å². The van der Waals surface area contributed by atoms with Crippen molar-refractivity contribution in [1.82, 2.24) is 0 Å². The molecule has 0 atom stereocenters. The van der Waals surface area contributed by atoms with Gasteiger partial charge in [-0.25, -0.2) is 0 Å². The summed E-state index contributed by atoms with van der Waals surface area (Å²) in [5.41, 5.74) is 27.7. The third kappa shape index (κ3) is 10.9. The third-order valence-electron chi connectivity index (χ3n) is 20.3. The Kier molecular flexibility index (Phi) is 13.6. The number of hydrogen-bond acceptors (Lipinski definition) is 3. The minimum atomic E-state index is -0.518. The van der Waals surface area contributed by atoms with Gasteiger partial charge in [0, 0.05) is 55.8 Å². The molecule has 0 saturated heterocycles. The molecule has 0 amide bonds. The van der Waals surface area contributed by atoms with Crippen molar-refractivity contribution in [3.63, 3.8) is 0 Å². The zero-order valence-electron chi connectivity index (χ0n) is 63.1. The molecule has 0 spiro atoms. The van der Waals surface area contributed by atoms with Gasteiger partial charge < -0.3 is 14.2 Å². The topological polar surface area (TPSA) is 19.6 Å². The van der Waals surface area contributed by atoms with Crippen molar-refractivity contribution in [2.24, 2.45) is 0 Å². The number of benzene rings is 13. The largest absolute Gasteiger partial charge is 0.456 e. The Bertz CT molecular complexity index is 5560. The summed E-state index contributed by atoms with van der Waals surface area (Å²) in [7, 11) is 0. The van der Waals surface area contributed by atoms with Gasteiger partial charge in [-0.1, -0.05) is 307 Å². The molecule has 98 heavy (non-hydrogen) atoms. The van der Waals surface area contributed by atoms with E-state index in [4.69, 9.17) is 8.53 Å². The molecule has 13 aromatic carbocycles. The monoisotopic (exact) mass is 1270 g/mol. The average Bonchev–Trinajstić information content (AvgIpc) is 1.52. The van der Waals surface area contributed by atoms with E-state index >= 15 is 0 Å². The van der Waals surface area contributed by atoms with E-state index in [1.165, 1.54) is 22.3 Å². The molecule has 0 unspecified atom stereocenters. The number of hydrogen-bond donors (Lipinski definition) is 0. The summed E-state index contributed by atoms with van der Waals surface area (Å²) in [4.78, 5) is 5.13. The molecule has 4 heteroatoms. The molecule has 0 N–H and O–H groups in total. The van der Waals surface area contributed by atoms with Gasteiger partial charge in [0.05, 0.1) is 18.2 Å². The van der Waals surface area contributed by atoms with E-state index in [1.807, 2.05) is 12.1 Å². The fourth-order valence-electron chi connectivity index (χ4n) is 15.0. The second-order valence-corrected chi connectivity index (χ2v) is 31.0. The molecule has 2 aliphatic rings. The van der Waals surface area contributed by atoms with Crippen molar-refractivity contribution < 1.29 is 11.3 Å². The van der Waals surface area contributed by atoms with Gasteiger partial charge in [-0.15, -0.1) is 0 Å². The second kappa shape index (κ2) is 23.6. The van der Waals surface area contributed by atoms with Crippen LogP contribution in [0.4, 0.5) is 34.1 Å². The van der Waals surface area contributed by atoms with Gasteiger partial charge in [0.25, 0.3) is 6.71 Å². The molecular formula is C94H83BN2O. The van der Waals surface area contributed by atoms with Crippen LogP contribution in [0.3, 0.4) is 0 Å². The SMILES string of the molecule is [2H]c1c([2H])c([2H])c(-c2ccc3c(c2)B2c4ccc(-c5cc(C(C)(C)C)cc(C(C)(C)C)c5)cc4N(c4c(-c5ccccc5)cc(C(C)(C)C)cc4-c4ccccc4)c4cc(-c5cccc6oc7ccccc7c56)cc(c42)N3c2c(-c3ccccc3)cc(C(C)(C)C)cc2-c2ccccc2)c([2H])c1[2H]. The molecule has 14 aromatic rings. The standard InChI is InChI=1S/C94H83BN2O/c1-91(2,3)69-49-67(50-70(55-69)92(4,5)6)66-45-47-79-82(52-66)97(90-77(63-37-24-16-25-38-63)58-72(94(10,11)12)59-78(90)64-39-26-17-27-40-64)84-54-68(73-42-30-44-86-87(73)74-41-28-29-43-85(74)98-86)53-83-88(84)95(79)80-51-65(60-31-18-13-19-32-60)46-48-81(80)96(83)89-75(61-33-20-14-21-34-61)56-71(93(7,8)9)57-76(89)62-35-22-15-23-36-62/h13-59H,1-12H3/i13D,18D,19D,31D,32D. The lowest BCUT2D eigenvalue weighted by atomic mass is 9.33. The molecule has 0 saturated carbocycles. The summed E-state index contributed by atoms with van der Waals surface area (Å²) in [6.07, 6.45) is 0. The number of para-hydroxylation sites is 1. The first-order chi connectivity index (χ1) is 49.2. The fraction of sp³-hybridized carbons (Fsp3) is 0.170. The molecule has 16 rings (SSSR count). The van der Waals surface area contributed by atoms with Crippen LogP contribution in [0.25, 0.3) is 99.8 Å². The number of fused-ring (bicyclic) bond motifs is 7. The van der Waals surface area contributed by atoms with Crippen LogP contribution in [-0.2, 0) is 21.7 Å². The highest BCUT2D eigenvalue weighted by molar-refractivity contribution is 7.00. The van der Waals surface area contributed by atoms with Crippen molar-refractivity contribution >= 4 is 79.2 Å². The Morgan fingerprint density at radius 1 is 0.296 bits per heavy atom. The molecule has 3 nitrogen and oxygen atoms in total. The van der Waals surface area contributed by atoms with Crippen LogP contribution in [-0.4, -0.2) is 6.71 Å². The molecular weight excluding hydrogens is 1180 g/mol. The summed E-state index contributed by atoms with van der Waals surface area (Å²) in [6, 6.07) is 91.7. The van der Waals surface area contributed by atoms with E-state index in [1.54, 1.807) is 0 Å². The van der Waals surface area contributed by atoms with Crippen LogP contribution in [0.15, 0.2) is 289 Å². The Labute approximate surface area is 586 Å². The maximum absolute atomic E-state index is 9.65. The van der Waals surface area contributed by atoms with Crippen LogP contribution < -0.4 is 26.2 Å². The Balaban J connectivity index is 1.15. The minimum absolute atomic E-state index is 0.145. The molecule has 0 bridgehead atoms. The highest BCUT2D eigenvalue weighted by atomic mass is 16.3. The highest BCUT2D eigenvalue weighted by Gasteiger charge is 2.46. The van der Waals surface area contributed by atoms with Crippen molar-refractivity contribution in [2.45, 2.75) is 105 Å². The summed E-state index contributed by atoms with van der Waals surface area (Å²) < 4.78 is 53.3. The summed E-state index contributed by atoms with van der Waals surface area (Å²) in [5.74, 6) is 0. The van der Waals surface area contributed by atoms with Gasteiger partial charge in [-0.2, -0.15) is 0 Å². The maximum atomic E-state index is 9.65. The lowest BCUT2D eigenvalue weighted by Crippen LogP contribution is -2.61. The van der Waals surface area contributed by atoms with Crippen molar-refractivity contribution in [3.8, 4) is 77.9 Å². The molecule has 0 radical (unpaired) electrons. The molecule has 478 valence electrons. The molecule has 3 heterocycles. The van der Waals surface area contributed by atoms with Crippen LogP contribution in [0.1, 0.15) is 112 Å². The highest BCUT2D eigenvalue weighted by Crippen LogP contribution is 2.56. The summed E-state index contributed by atoms with van der Waals surface area (Å²) in [6.45, 7) is 27.1. The zero-order valence-corrected chi connectivity index (χ0v) is 58.1. The number of furan rings is 1. The summed E-state index contributed by atoms with van der Waals surface area (Å²) in [5, 5.41) is 2.03. The zero-order chi connectivity index (χ0) is 71.9. The van der Waals surface area contributed by atoms with Crippen LogP contribution >= 0.6 is 0 Å². The minimum Gasteiger partial charge on any atom is -0.456 e. The van der Waals surface area contributed by atoms with Crippen LogP contribution in [0.2, 0.25) is 0 Å². The Hall–Kier alpha value is -10.7. The lowest BCUT2D eigenvalue weighted by molar-refractivity contribution is 0.569. The number of rotatable bonds is 9. The van der Waals surface area contributed by atoms with E-state index in [2.05, 4.69) is 336 Å². The second-order valence-electron chi connectivity index (χ2n) is 31.0. The Morgan fingerprint density at radius 3 is 1.20 bits per heavy atom. The van der Waals surface area contributed by atoms with Crippen molar-refractivity contribution in [2.75, 3.05) is 9.80 Å². The van der Waals surface area contributed by atoms with Gasteiger partial charge in [0.15, 0.2) is 0 Å². The fourth-order valence-corrected chi connectivity index (χ4v) is 15.0. The normalized spacial score (nSPS) is 13.8. The quantitative estimate of drug-likeness (QED) is 0.134. The third-order valence-corrected chi connectivity index (χ3v) is 20.3. The smallest absolute Gasteiger partial charge is 0.252 e. The van der Waals surface area contributed by atoms with E-state index in [0.29, 0.717) is 5.56 Å². The van der Waals surface area contributed by atoms with Crippen LogP contribution in [0.5, 0.6) is 0 Å². The van der Waals surface area contributed by atoms with E-state index in [-0.39, 0.29) is 51.4 Å². The average molecular weight is 1270 g/mol. The van der Waals surface area contributed by atoms with Gasteiger partial charge >= 0.3 is 0 Å². The molecule has 0 aliphatic carbocycles. The molecule has 2 aliphatic heterocycles. The lowest BCUT2D eigenvalue weighted by Gasteiger charge is -2.46. The predicted octanol–water partition coefficient (Wildman–Crippen LogP) is 24.5. The van der Waals surface area contributed by atoms with Gasteiger partial charge in [0.1, 0.15) is 11.2 Å². The summed E-state index contributed by atoms with van der Waals surface area (Å²) >= 11 is 0.